The standard InChI is InChI=1S/C9H13F3N2O/c1-6-13-8(2-3-8)7(15)14(6)5-4-9(10,11)12/h6,13H,2-5H2,1H3. The Kier molecular flexibility index (Phi) is 2.22. The molecule has 0 aromatic carbocycles. The first-order valence-corrected chi connectivity index (χ1v) is 5.00. The van der Waals surface area contributed by atoms with Crippen LogP contribution in [0.5, 0.6) is 0 Å². The highest BCUT2D eigenvalue weighted by atomic mass is 19.4. The SMILES string of the molecule is CC1NC2(CC2)C(=O)N1CCC(F)(F)F. The van der Waals surface area contributed by atoms with Crippen molar-refractivity contribution in [2.45, 2.75) is 44.1 Å². The number of alkyl halides is 3. The van der Waals surface area contributed by atoms with Gasteiger partial charge in [-0.2, -0.15) is 13.2 Å². The fourth-order valence-corrected chi connectivity index (χ4v) is 2.02. The molecule has 1 saturated carbocycles. The molecule has 1 saturated heterocycles. The van der Waals surface area contributed by atoms with Gasteiger partial charge in [-0.1, -0.05) is 0 Å². The molecular formula is C9H13F3N2O. The molecular weight excluding hydrogens is 209 g/mol. The number of carbonyl (C=O) groups is 1. The summed E-state index contributed by atoms with van der Waals surface area (Å²) in [6.07, 6.45) is -3.90. The van der Waals surface area contributed by atoms with Crippen molar-refractivity contribution in [3.63, 3.8) is 0 Å². The highest BCUT2D eigenvalue weighted by molar-refractivity contribution is 5.91. The van der Waals surface area contributed by atoms with Crippen molar-refractivity contribution in [1.82, 2.24) is 10.2 Å². The van der Waals surface area contributed by atoms with Crippen LogP contribution >= 0.6 is 0 Å². The second kappa shape index (κ2) is 3.10. The fourth-order valence-electron chi connectivity index (χ4n) is 2.02. The van der Waals surface area contributed by atoms with E-state index in [-0.39, 0.29) is 18.6 Å². The second-order valence-corrected chi connectivity index (χ2v) is 4.27. The summed E-state index contributed by atoms with van der Waals surface area (Å²) in [5.41, 5.74) is -0.509. The maximum Gasteiger partial charge on any atom is 0.390 e. The lowest BCUT2D eigenvalue weighted by Crippen LogP contribution is -2.37. The molecule has 15 heavy (non-hydrogen) atoms. The van der Waals surface area contributed by atoms with Gasteiger partial charge in [-0.3, -0.25) is 10.1 Å². The third-order valence-electron chi connectivity index (χ3n) is 3.01. The van der Waals surface area contributed by atoms with Crippen LogP contribution in [0, 0.1) is 0 Å². The van der Waals surface area contributed by atoms with Gasteiger partial charge in [-0.05, 0) is 19.8 Å². The Morgan fingerprint density at radius 2 is 2.13 bits per heavy atom. The molecule has 0 aromatic heterocycles. The normalized spacial score (nSPS) is 28.9. The van der Waals surface area contributed by atoms with E-state index in [2.05, 4.69) is 5.32 Å². The Balaban J connectivity index is 1.95. The Morgan fingerprint density at radius 3 is 2.53 bits per heavy atom. The van der Waals surface area contributed by atoms with E-state index in [1.165, 1.54) is 4.90 Å². The molecule has 0 bridgehead atoms. The van der Waals surface area contributed by atoms with Crippen LogP contribution in [0.4, 0.5) is 13.2 Å². The molecule has 1 amide bonds. The Labute approximate surface area is 85.6 Å². The lowest BCUT2D eigenvalue weighted by molar-refractivity contribution is -0.145. The van der Waals surface area contributed by atoms with Gasteiger partial charge in [0.15, 0.2) is 0 Å². The zero-order chi connectivity index (χ0) is 11.3. The van der Waals surface area contributed by atoms with Gasteiger partial charge >= 0.3 is 6.18 Å². The lowest BCUT2D eigenvalue weighted by atomic mass is 10.2. The molecule has 2 aliphatic rings. The Bertz CT molecular complexity index is 286. The highest BCUT2D eigenvalue weighted by Gasteiger charge is 2.58. The predicted molar refractivity (Wildman–Crippen MR) is 46.9 cm³/mol. The van der Waals surface area contributed by atoms with Crippen LogP contribution in [-0.2, 0) is 4.79 Å². The molecule has 2 rings (SSSR count). The maximum atomic E-state index is 12.0. The van der Waals surface area contributed by atoms with Gasteiger partial charge < -0.3 is 4.90 Å². The number of amides is 1. The summed E-state index contributed by atoms with van der Waals surface area (Å²) in [5.74, 6) is -0.167. The van der Waals surface area contributed by atoms with E-state index in [0.717, 1.165) is 12.8 Å². The summed E-state index contributed by atoms with van der Waals surface area (Å²) < 4.78 is 36.0. The monoisotopic (exact) mass is 222 g/mol. The van der Waals surface area contributed by atoms with Gasteiger partial charge in [-0.15, -0.1) is 0 Å². The zero-order valence-electron chi connectivity index (χ0n) is 8.40. The van der Waals surface area contributed by atoms with Crippen molar-refractivity contribution in [3.8, 4) is 0 Å². The van der Waals surface area contributed by atoms with Crippen molar-refractivity contribution in [2.75, 3.05) is 6.54 Å². The summed E-state index contributed by atoms with van der Waals surface area (Å²) in [6.45, 7) is 1.49. The molecule has 1 atom stereocenters. The van der Waals surface area contributed by atoms with Crippen molar-refractivity contribution in [2.24, 2.45) is 0 Å². The van der Waals surface area contributed by atoms with Crippen molar-refractivity contribution in [1.29, 1.82) is 0 Å². The second-order valence-electron chi connectivity index (χ2n) is 4.27. The van der Waals surface area contributed by atoms with E-state index in [1.807, 2.05) is 0 Å². The average molecular weight is 222 g/mol. The molecule has 6 heteroatoms. The molecule has 0 radical (unpaired) electrons. The third kappa shape index (κ3) is 1.95. The molecule has 1 aliphatic carbocycles. The predicted octanol–water partition coefficient (Wildman–Crippen LogP) is 1.25. The molecule has 1 unspecified atom stereocenters. The van der Waals surface area contributed by atoms with Crippen LogP contribution < -0.4 is 5.32 Å². The molecule has 2 fully saturated rings. The summed E-state index contributed by atoms with van der Waals surface area (Å²) >= 11 is 0. The molecule has 1 N–H and O–H groups in total. The van der Waals surface area contributed by atoms with Crippen LogP contribution in [0.1, 0.15) is 26.2 Å². The van der Waals surface area contributed by atoms with Crippen LogP contribution in [0.2, 0.25) is 0 Å². The maximum absolute atomic E-state index is 12.0. The molecule has 0 aromatic rings. The van der Waals surface area contributed by atoms with Crippen LogP contribution in [0.3, 0.4) is 0 Å². The van der Waals surface area contributed by atoms with Gasteiger partial charge in [0.05, 0.1) is 18.1 Å². The number of nitrogens with zero attached hydrogens (tertiary/aromatic N) is 1. The van der Waals surface area contributed by atoms with Gasteiger partial charge in [-0.25, -0.2) is 0 Å². The summed E-state index contributed by atoms with van der Waals surface area (Å²) in [5, 5.41) is 3.05. The summed E-state index contributed by atoms with van der Waals surface area (Å²) in [7, 11) is 0. The summed E-state index contributed by atoms with van der Waals surface area (Å²) in [6, 6.07) is 0. The van der Waals surface area contributed by atoms with Crippen LogP contribution in [0.25, 0.3) is 0 Å². The van der Waals surface area contributed by atoms with Gasteiger partial charge in [0.25, 0.3) is 0 Å². The number of rotatable bonds is 2. The van der Waals surface area contributed by atoms with Crippen molar-refractivity contribution in [3.05, 3.63) is 0 Å². The van der Waals surface area contributed by atoms with Gasteiger partial charge in [0.1, 0.15) is 0 Å². The molecule has 3 nitrogen and oxygen atoms in total. The largest absolute Gasteiger partial charge is 0.390 e. The molecule has 1 aliphatic heterocycles. The minimum absolute atomic E-state index is 0.167. The van der Waals surface area contributed by atoms with Crippen molar-refractivity contribution >= 4 is 5.91 Å². The zero-order valence-corrected chi connectivity index (χ0v) is 8.40. The molecule has 1 spiro atoms. The molecule has 1 heterocycles. The molecule has 86 valence electrons. The Hall–Kier alpha value is -0.780. The van der Waals surface area contributed by atoms with Gasteiger partial charge in [0, 0.05) is 6.54 Å². The number of halogens is 3. The number of nitrogens with one attached hydrogen (secondary N) is 1. The van der Waals surface area contributed by atoms with E-state index >= 15 is 0 Å². The number of carbonyl (C=O) groups excluding carboxylic acids is 1. The highest BCUT2D eigenvalue weighted by Crippen LogP contribution is 2.42. The smallest absolute Gasteiger partial charge is 0.325 e. The Morgan fingerprint density at radius 1 is 1.53 bits per heavy atom. The average Bonchev–Trinajstić information content (AvgIpc) is 2.78. The van der Waals surface area contributed by atoms with Crippen LogP contribution in [-0.4, -0.2) is 35.2 Å². The van der Waals surface area contributed by atoms with Crippen LogP contribution in [0.15, 0.2) is 0 Å². The quantitative estimate of drug-likeness (QED) is 0.762. The fraction of sp³-hybridized carbons (Fsp3) is 0.889. The van der Waals surface area contributed by atoms with Crippen molar-refractivity contribution < 1.29 is 18.0 Å². The van der Waals surface area contributed by atoms with E-state index in [9.17, 15) is 18.0 Å². The van der Waals surface area contributed by atoms with Gasteiger partial charge in [0.2, 0.25) is 5.91 Å². The van der Waals surface area contributed by atoms with E-state index < -0.39 is 18.1 Å². The van der Waals surface area contributed by atoms with E-state index in [0.29, 0.717) is 0 Å². The first-order valence-electron chi connectivity index (χ1n) is 5.00. The number of hydrogen-bond donors (Lipinski definition) is 1. The van der Waals surface area contributed by atoms with E-state index in [4.69, 9.17) is 0 Å². The lowest BCUT2D eigenvalue weighted by Gasteiger charge is -2.21. The number of hydrogen-bond acceptors (Lipinski definition) is 2. The minimum atomic E-state index is -4.20. The topological polar surface area (TPSA) is 32.3 Å². The first-order chi connectivity index (χ1) is 6.84. The van der Waals surface area contributed by atoms with E-state index in [1.54, 1.807) is 6.92 Å². The summed E-state index contributed by atoms with van der Waals surface area (Å²) in [4.78, 5) is 13.0. The first kappa shape index (κ1) is 10.7. The third-order valence-corrected chi connectivity index (χ3v) is 3.01. The minimum Gasteiger partial charge on any atom is -0.325 e.